The molecule has 34 heavy (non-hydrogen) atoms. The molecule has 5 nitrogen and oxygen atoms in total. The van der Waals surface area contributed by atoms with Gasteiger partial charge in [-0.3, -0.25) is 14.2 Å². The van der Waals surface area contributed by atoms with Gasteiger partial charge in [0.25, 0.3) is 5.56 Å². The van der Waals surface area contributed by atoms with Crippen molar-refractivity contribution in [2.75, 3.05) is 14.1 Å². The molecule has 0 aliphatic rings. The van der Waals surface area contributed by atoms with Gasteiger partial charge in [0.1, 0.15) is 0 Å². The molecule has 0 unspecified atom stereocenters. The molecule has 0 atom stereocenters. The molecule has 0 fully saturated rings. The molecule has 1 aromatic heterocycles. The standard InChI is InChI=1S/C27H27N3O2S.ClH/c1-17-21(14-18-8-6-5-7-9-18)22(15-23-24(17)26(32)30(4)27(33)28-23)25(31)20-12-10-19(11-13-20)16-29(2)3;/h5-13,15H,14,16H2,1-4H3,(H,28,33);1H. The number of hydrogen-bond donors (Lipinski definition) is 1. The quantitative estimate of drug-likeness (QED) is 0.296. The van der Waals surface area contributed by atoms with Gasteiger partial charge < -0.3 is 9.88 Å². The van der Waals surface area contributed by atoms with Crippen LogP contribution in [0.15, 0.2) is 65.5 Å². The van der Waals surface area contributed by atoms with E-state index in [1.807, 2.05) is 75.6 Å². The van der Waals surface area contributed by atoms with Crippen LogP contribution in [0, 0.1) is 11.7 Å². The molecule has 4 aromatic rings. The molecule has 0 aliphatic heterocycles. The van der Waals surface area contributed by atoms with Gasteiger partial charge in [0.05, 0.1) is 10.9 Å². The number of carbonyl (C=O) groups excluding carboxylic acids is 1. The summed E-state index contributed by atoms with van der Waals surface area (Å²) in [4.78, 5) is 31.9. The number of aromatic nitrogens is 2. The molecule has 1 heterocycles. The number of fused-ring (bicyclic) bond motifs is 1. The Kier molecular flexibility index (Phi) is 7.87. The molecule has 176 valence electrons. The Morgan fingerprint density at radius 2 is 1.68 bits per heavy atom. The Labute approximate surface area is 210 Å². The first-order valence-electron chi connectivity index (χ1n) is 10.8. The van der Waals surface area contributed by atoms with Gasteiger partial charge in [-0.2, -0.15) is 0 Å². The highest BCUT2D eigenvalue weighted by Crippen LogP contribution is 2.27. The summed E-state index contributed by atoms with van der Waals surface area (Å²) in [5, 5.41) is 0.565. The third-order valence-electron chi connectivity index (χ3n) is 5.96. The van der Waals surface area contributed by atoms with E-state index >= 15 is 0 Å². The first-order chi connectivity index (χ1) is 15.8. The number of benzene rings is 3. The SMILES string of the molecule is Cc1c(Cc2ccccc2)c(C(=O)c2ccc(CN(C)C)cc2)cc2[nH]c(=S)n(C)c(=O)c12.Cl. The summed E-state index contributed by atoms with van der Waals surface area (Å²) in [6.07, 6.45) is 0.557. The van der Waals surface area contributed by atoms with Gasteiger partial charge in [0.2, 0.25) is 0 Å². The number of hydrogen-bond acceptors (Lipinski definition) is 4. The van der Waals surface area contributed by atoms with Gasteiger partial charge in [-0.25, -0.2) is 0 Å². The Morgan fingerprint density at radius 1 is 1.03 bits per heavy atom. The van der Waals surface area contributed by atoms with Crippen molar-refractivity contribution < 1.29 is 4.79 Å². The molecule has 7 heteroatoms. The first-order valence-corrected chi connectivity index (χ1v) is 11.2. The summed E-state index contributed by atoms with van der Waals surface area (Å²) in [6.45, 7) is 2.72. The van der Waals surface area contributed by atoms with Crippen molar-refractivity contribution in [1.29, 1.82) is 0 Å². The highest BCUT2D eigenvalue weighted by Gasteiger charge is 2.20. The molecule has 0 saturated carbocycles. The summed E-state index contributed by atoms with van der Waals surface area (Å²) in [7, 11) is 5.69. The maximum atomic E-state index is 13.7. The monoisotopic (exact) mass is 493 g/mol. The van der Waals surface area contributed by atoms with Crippen molar-refractivity contribution in [1.82, 2.24) is 14.5 Å². The zero-order chi connectivity index (χ0) is 23.7. The summed E-state index contributed by atoms with van der Waals surface area (Å²) >= 11 is 5.32. The van der Waals surface area contributed by atoms with E-state index in [1.54, 1.807) is 13.1 Å². The van der Waals surface area contributed by atoms with Crippen LogP contribution in [-0.4, -0.2) is 34.3 Å². The van der Waals surface area contributed by atoms with Crippen LogP contribution in [0.25, 0.3) is 10.9 Å². The Balaban J connectivity index is 0.00000324. The van der Waals surface area contributed by atoms with E-state index in [0.717, 1.165) is 28.8 Å². The zero-order valence-electron chi connectivity index (χ0n) is 19.7. The maximum Gasteiger partial charge on any atom is 0.262 e. The van der Waals surface area contributed by atoms with Gasteiger partial charge in [-0.05, 0) is 68.0 Å². The van der Waals surface area contributed by atoms with Crippen LogP contribution in [0.5, 0.6) is 0 Å². The van der Waals surface area contributed by atoms with Crippen LogP contribution in [0.3, 0.4) is 0 Å². The minimum Gasteiger partial charge on any atom is -0.332 e. The van der Waals surface area contributed by atoms with Crippen LogP contribution in [0.2, 0.25) is 0 Å². The average Bonchev–Trinajstić information content (AvgIpc) is 2.79. The minimum absolute atomic E-state index is 0. The average molecular weight is 494 g/mol. The third kappa shape index (κ3) is 5.04. The highest BCUT2D eigenvalue weighted by molar-refractivity contribution is 7.71. The van der Waals surface area contributed by atoms with Gasteiger partial charge in [0.15, 0.2) is 10.6 Å². The number of ketones is 1. The second-order valence-electron chi connectivity index (χ2n) is 8.67. The number of carbonyl (C=O) groups is 1. The Hall–Kier alpha value is -3.06. The van der Waals surface area contributed by atoms with E-state index in [4.69, 9.17) is 12.2 Å². The molecule has 0 aliphatic carbocycles. The number of nitrogens with one attached hydrogen (secondary N) is 1. The third-order valence-corrected chi connectivity index (χ3v) is 6.33. The Bertz CT molecular complexity index is 1460. The summed E-state index contributed by atoms with van der Waals surface area (Å²) < 4.78 is 1.76. The van der Waals surface area contributed by atoms with Crippen LogP contribution in [-0.2, 0) is 20.0 Å². The van der Waals surface area contributed by atoms with Crippen molar-refractivity contribution >= 4 is 41.3 Å². The molecule has 3 aromatic carbocycles. The lowest BCUT2D eigenvalue weighted by Gasteiger charge is -2.16. The van der Waals surface area contributed by atoms with E-state index in [0.29, 0.717) is 33.2 Å². The van der Waals surface area contributed by atoms with Gasteiger partial charge >= 0.3 is 0 Å². The smallest absolute Gasteiger partial charge is 0.262 e. The molecule has 0 radical (unpaired) electrons. The number of rotatable bonds is 6. The van der Waals surface area contributed by atoms with Crippen LogP contribution < -0.4 is 5.56 Å². The molecule has 1 N–H and O–H groups in total. The fourth-order valence-corrected chi connectivity index (χ4v) is 4.40. The fraction of sp³-hybridized carbons (Fsp3) is 0.222. The molecular weight excluding hydrogens is 466 g/mol. The van der Waals surface area contributed by atoms with Crippen LogP contribution in [0.1, 0.15) is 38.2 Å². The fourth-order valence-electron chi connectivity index (χ4n) is 4.20. The van der Waals surface area contributed by atoms with Crippen molar-refractivity contribution in [3.05, 3.63) is 109 Å². The topological polar surface area (TPSA) is 58.1 Å². The normalized spacial score (nSPS) is 11.0. The summed E-state index contributed by atoms with van der Waals surface area (Å²) in [5.41, 5.74) is 5.52. The second-order valence-corrected chi connectivity index (χ2v) is 9.06. The van der Waals surface area contributed by atoms with Crippen LogP contribution >= 0.6 is 24.6 Å². The van der Waals surface area contributed by atoms with Crippen molar-refractivity contribution in [3.63, 3.8) is 0 Å². The largest absolute Gasteiger partial charge is 0.332 e. The molecule has 0 spiro atoms. The molecule has 0 saturated heterocycles. The lowest BCUT2D eigenvalue weighted by atomic mass is 9.89. The van der Waals surface area contributed by atoms with E-state index in [9.17, 15) is 9.59 Å². The first kappa shape index (κ1) is 25.6. The molecule has 0 amide bonds. The number of H-pyrrole nitrogens is 1. The maximum absolute atomic E-state index is 13.7. The van der Waals surface area contributed by atoms with E-state index < -0.39 is 0 Å². The molecule has 0 bridgehead atoms. The van der Waals surface area contributed by atoms with Crippen molar-refractivity contribution in [2.45, 2.75) is 19.9 Å². The van der Waals surface area contributed by atoms with Crippen molar-refractivity contribution in [3.8, 4) is 0 Å². The molecular formula is C27H28ClN3O2S. The summed E-state index contributed by atoms with van der Waals surface area (Å²) in [5.74, 6) is -0.0673. The predicted molar refractivity (Wildman–Crippen MR) is 143 cm³/mol. The Morgan fingerprint density at radius 3 is 2.29 bits per heavy atom. The summed E-state index contributed by atoms with van der Waals surface area (Å²) in [6, 6.07) is 19.5. The zero-order valence-corrected chi connectivity index (χ0v) is 21.3. The minimum atomic E-state index is -0.160. The number of aromatic amines is 1. The molecule has 4 rings (SSSR count). The van der Waals surface area contributed by atoms with Crippen LogP contribution in [0.4, 0.5) is 0 Å². The van der Waals surface area contributed by atoms with E-state index in [1.165, 1.54) is 4.57 Å². The number of nitrogens with zero attached hydrogens (tertiary/aromatic N) is 2. The lowest BCUT2D eigenvalue weighted by molar-refractivity contribution is 0.103. The number of halogens is 1. The van der Waals surface area contributed by atoms with E-state index in [-0.39, 0.29) is 23.7 Å². The van der Waals surface area contributed by atoms with Gasteiger partial charge in [-0.15, -0.1) is 12.4 Å². The van der Waals surface area contributed by atoms with E-state index in [2.05, 4.69) is 9.88 Å². The second kappa shape index (κ2) is 10.5. The van der Waals surface area contributed by atoms with Gasteiger partial charge in [-0.1, -0.05) is 54.6 Å². The van der Waals surface area contributed by atoms with Crippen molar-refractivity contribution in [2.24, 2.45) is 7.05 Å². The predicted octanol–water partition coefficient (Wildman–Crippen LogP) is 5.21. The highest BCUT2D eigenvalue weighted by atomic mass is 35.5. The number of aryl methyl sites for hydroxylation is 1. The van der Waals surface area contributed by atoms with Gasteiger partial charge in [0, 0.05) is 24.7 Å². The lowest BCUT2D eigenvalue weighted by Crippen LogP contribution is -2.21.